The van der Waals surface area contributed by atoms with E-state index in [2.05, 4.69) is 34.2 Å². The Balaban J connectivity index is 1.23. The number of aromatic nitrogens is 2. The van der Waals surface area contributed by atoms with Gasteiger partial charge in [0.25, 0.3) is 0 Å². The van der Waals surface area contributed by atoms with E-state index >= 15 is 0 Å². The van der Waals surface area contributed by atoms with Crippen molar-refractivity contribution in [2.45, 2.75) is 6.42 Å². The number of benzene rings is 1. The molecule has 4 rings (SSSR count). The molecule has 1 aliphatic heterocycles. The van der Waals surface area contributed by atoms with Crippen molar-refractivity contribution in [2.75, 3.05) is 32.7 Å². The Morgan fingerprint density at radius 2 is 1.79 bits per heavy atom. The predicted molar refractivity (Wildman–Crippen MR) is 114 cm³/mol. The number of hydrogen-bond donors (Lipinski definition) is 0. The Morgan fingerprint density at radius 3 is 2.54 bits per heavy atom. The molecule has 3 aromatic rings. The molecule has 28 heavy (non-hydrogen) atoms. The second-order valence-electron chi connectivity index (χ2n) is 6.88. The molecule has 3 heterocycles. The van der Waals surface area contributed by atoms with Crippen LogP contribution in [0.2, 0.25) is 0 Å². The number of piperazine rings is 1. The fraction of sp³-hybridized carbons (Fsp3) is 0.273. The molecule has 0 saturated carbocycles. The summed E-state index contributed by atoms with van der Waals surface area (Å²) in [6.07, 6.45) is 8.67. The van der Waals surface area contributed by atoms with Crippen LogP contribution >= 0.6 is 11.3 Å². The van der Waals surface area contributed by atoms with Gasteiger partial charge in [0, 0.05) is 50.5 Å². The molecule has 5 nitrogen and oxygen atoms in total. The van der Waals surface area contributed by atoms with E-state index in [0.717, 1.165) is 43.5 Å². The number of carbonyl (C=O) groups is 1. The van der Waals surface area contributed by atoms with Gasteiger partial charge in [-0.15, -0.1) is 11.3 Å². The maximum atomic E-state index is 12.6. The average Bonchev–Trinajstić information content (AvgIpc) is 3.41. The number of nitrogens with zero attached hydrogens (tertiary/aromatic N) is 4. The van der Waals surface area contributed by atoms with Crippen molar-refractivity contribution < 1.29 is 4.79 Å². The van der Waals surface area contributed by atoms with Crippen molar-refractivity contribution in [3.63, 3.8) is 0 Å². The average molecular weight is 393 g/mol. The molecule has 0 spiro atoms. The molecule has 1 amide bonds. The van der Waals surface area contributed by atoms with Gasteiger partial charge in [0.2, 0.25) is 5.91 Å². The Labute approximate surface area is 169 Å². The Bertz CT molecular complexity index is 909. The van der Waals surface area contributed by atoms with Crippen LogP contribution in [0.5, 0.6) is 0 Å². The van der Waals surface area contributed by atoms with E-state index in [-0.39, 0.29) is 5.91 Å². The normalized spacial score (nSPS) is 15.4. The fourth-order valence-electron chi connectivity index (χ4n) is 3.31. The van der Waals surface area contributed by atoms with Crippen LogP contribution in [0.3, 0.4) is 0 Å². The highest BCUT2D eigenvalue weighted by Crippen LogP contribution is 2.16. The molecule has 2 aromatic heterocycles. The van der Waals surface area contributed by atoms with Gasteiger partial charge in [0.15, 0.2) is 5.13 Å². The first-order valence-electron chi connectivity index (χ1n) is 9.57. The van der Waals surface area contributed by atoms with Crippen molar-refractivity contribution in [3.8, 4) is 5.13 Å². The first kappa shape index (κ1) is 18.7. The molecule has 0 aliphatic carbocycles. The largest absolute Gasteiger partial charge is 0.340 e. The van der Waals surface area contributed by atoms with Gasteiger partial charge in [-0.1, -0.05) is 42.5 Å². The van der Waals surface area contributed by atoms with Crippen molar-refractivity contribution in [2.24, 2.45) is 0 Å². The first-order valence-corrected chi connectivity index (χ1v) is 10.5. The summed E-state index contributed by atoms with van der Waals surface area (Å²) in [6.45, 7) is 4.32. The van der Waals surface area contributed by atoms with Crippen molar-refractivity contribution >= 4 is 23.3 Å². The van der Waals surface area contributed by atoms with Crippen LogP contribution in [0, 0.1) is 0 Å². The Hall–Kier alpha value is -2.70. The van der Waals surface area contributed by atoms with Crippen molar-refractivity contribution in [3.05, 3.63) is 77.6 Å². The number of thiazole rings is 1. The van der Waals surface area contributed by atoms with Gasteiger partial charge in [-0.25, -0.2) is 4.98 Å². The maximum Gasteiger partial charge on any atom is 0.228 e. The Kier molecular flexibility index (Phi) is 5.99. The third-order valence-electron chi connectivity index (χ3n) is 4.90. The summed E-state index contributed by atoms with van der Waals surface area (Å²) in [6, 6.07) is 14.3. The van der Waals surface area contributed by atoms with E-state index < -0.39 is 0 Å². The molecular formula is C22H24N4OS. The molecule has 0 bridgehead atoms. The van der Waals surface area contributed by atoms with Gasteiger partial charge < -0.3 is 9.47 Å². The smallest absolute Gasteiger partial charge is 0.228 e. The zero-order valence-corrected chi connectivity index (χ0v) is 16.6. The molecule has 1 saturated heterocycles. The summed E-state index contributed by atoms with van der Waals surface area (Å²) in [7, 11) is 0. The molecule has 0 N–H and O–H groups in total. The van der Waals surface area contributed by atoms with Crippen molar-refractivity contribution in [1.29, 1.82) is 0 Å². The lowest BCUT2D eigenvalue weighted by Crippen LogP contribution is -2.49. The second kappa shape index (κ2) is 8.99. The SMILES string of the molecule is O=C(Cc1csc(-n2cccc2)n1)N1CCN(C/C=C/c2ccccc2)CC1. The summed E-state index contributed by atoms with van der Waals surface area (Å²) in [5.74, 6) is 0.170. The van der Waals surface area contributed by atoms with E-state index in [0.29, 0.717) is 6.42 Å². The van der Waals surface area contributed by atoms with Gasteiger partial charge in [0.1, 0.15) is 0 Å². The maximum absolute atomic E-state index is 12.6. The van der Waals surface area contributed by atoms with Crippen LogP contribution in [0.1, 0.15) is 11.3 Å². The van der Waals surface area contributed by atoms with E-state index in [4.69, 9.17) is 0 Å². The number of rotatable bonds is 6. The minimum Gasteiger partial charge on any atom is -0.340 e. The number of carbonyl (C=O) groups excluding carboxylic acids is 1. The quantitative estimate of drug-likeness (QED) is 0.646. The lowest BCUT2D eigenvalue weighted by molar-refractivity contribution is -0.132. The number of hydrogen-bond acceptors (Lipinski definition) is 4. The molecule has 1 fully saturated rings. The van der Waals surface area contributed by atoms with E-state index in [1.807, 2.05) is 57.6 Å². The summed E-state index contributed by atoms with van der Waals surface area (Å²) < 4.78 is 1.97. The third-order valence-corrected chi connectivity index (χ3v) is 5.80. The van der Waals surface area contributed by atoms with E-state index in [1.165, 1.54) is 5.56 Å². The zero-order chi connectivity index (χ0) is 19.2. The summed E-state index contributed by atoms with van der Waals surface area (Å²) in [5.41, 5.74) is 2.07. The highest BCUT2D eigenvalue weighted by Gasteiger charge is 2.21. The summed E-state index contributed by atoms with van der Waals surface area (Å²) >= 11 is 1.57. The van der Waals surface area contributed by atoms with Crippen LogP contribution < -0.4 is 0 Å². The minimum absolute atomic E-state index is 0.170. The molecule has 144 valence electrons. The van der Waals surface area contributed by atoms with Crippen LogP contribution in [0.4, 0.5) is 0 Å². The van der Waals surface area contributed by atoms with Gasteiger partial charge >= 0.3 is 0 Å². The highest BCUT2D eigenvalue weighted by atomic mass is 32.1. The Morgan fingerprint density at radius 1 is 1.04 bits per heavy atom. The third kappa shape index (κ3) is 4.77. The van der Waals surface area contributed by atoms with E-state index in [9.17, 15) is 4.79 Å². The summed E-state index contributed by atoms with van der Waals surface area (Å²) in [5, 5.41) is 2.89. The molecule has 0 radical (unpaired) electrons. The zero-order valence-electron chi connectivity index (χ0n) is 15.8. The minimum atomic E-state index is 0.170. The van der Waals surface area contributed by atoms with Crippen LogP contribution in [-0.2, 0) is 11.2 Å². The lowest BCUT2D eigenvalue weighted by atomic mass is 10.2. The monoisotopic (exact) mass is 392 g/mol. The molecule has 6 heteroatoms. The molecule has 0 unspecified atom stereocenters. The number of amides is 1. The molecule has 1 aromatic carbocycles. The van der Waals surface area contributed by atoms with Crippen LogP contribution in [-0.4, -0.2) is 58.0 Å². The second-order valence-corrected chi connectivity index (χ2v) is 7.72. The highest BCUT2D eigenvalue weighted by molar-refractivity contribution is 7.12. The van der Waals surface area contributed by atoms with Crippen molar-refractivity contribution in [1.82, 2.24) is 19.4 Å². The predicted octanol–water partition coefficient (Wildman–Crippen LogP) is 3.33. The molecule has 0 atom stereocenters. The lowest BCUT2D eigenvalue weighted by Gasteiger charge is -2.34. The van der Waals surface area contributed by atoms with E-state index in [1.54, 1.807) is 11.3 Å². The topological polar surface area (TPSA) is 41.4 Å². The standard InChI is InChI=1S/C22H24N4OS/c27-21(17-20-18-28-22(23-20)26-11-4-5-12-26)25-15-13-24(14-16-25)10-6-9-19-7-2-1-3-8-19/h1-9,11-12,18H,10,13-17H2/b9-6+. The van der Waals surface area contributed by atoms with Crippen LogP contribution in [0.15, 0.2) is 66.3 Å². The molecule has 1 aliphatic rings. The van der Waals surface area contributed by atoms with Gasteiger partial charge in [-0.2, -0.15) is 0 Å². The summed E-state index contributed by atoms with van der Waals surface area (Å²) in [4.78, 5) is 21.6. The first-order chi connectivity index (χ1) is 13.8. The van der Waals surface area contributed by atoms with Gasteiger partial charge in [-0.05, 0) is 17.7 Å². The van der Waals surface area contributed by atoms with Gasteiger partial charge in [0.05, 0.1) is 12.1 Å². The molecular weight excluding hydrogens is 368 g/mol. The van der Waals surface area contributed by atoms with Crippen LogP contribution in [0.25, 0.3) is 11.2 Å². The van der Waals surface area contributed by atoms with Gasteiger partial charge in [-0.3, -0.25) is 9.69 Å². The fourth-order valence-corrected chi connectivity index (χ4v) is 4.10.